The molecule has 0 aliphatic rings. The summed E-state index contributed by atoms with van der Waals surface area (Å²) in [4.78, 5) is 29.8. The summed E-state index contributed by atoms with van der Waals surface area (Å²) in [7, 11) is 0. The van der Waals surface area contributed by atoms with E-state index < -0.39 is 5.25 Å². The van der Waals surface area contributed by atoms with E-state index in [0.717, 1.165) is 21.8 Å². The van der Waals surface area contributed by atoms with Crippen molar-refractivity contribution >= 4 is 69.6 Å². The number of carbonyl (C=O) groups is 2. The summed E-state index contributed by atoms with van der Waals surface area (Å²) in [6, 6.07) is 27.7. The second-order valence-corrected chi connectivity index (χ2v) is 10.0. The zero-order chi connectivity index (χ0) is 26.2. The second-order valence-electron chi connectivity index (χ2n) is 8.00. The standard InChI is InChI=1S/C28H23ClN4O2S2/c1-18(34)19-10-13-22(14-11-19)31-28(36)32-23-8-5-9-24(16-23)37-26(20-6-3-2-4-7-20)27(35)33-25-15-12-21(29)17-30-25/h2-17,26H,1H3,(H,30,33,35)(H2,31,32,36). The molecule has 0 aliphatic heterocycles. The predicted octanol–water partition coefficient (Wildman–Crippen LogP) is 7.22. The SMILES string of the molecule is CC(=O)c1ccc(NC(=S)Nc2cccc(SC(C(=O)Nc3ccc(Cl)cn3)c3ccccc3)c2)cc1. The van der Waals surface area contributed by atoms with Crippen molar-refractivity contribution in [3.05, 3.63) is 113 Å². The van der Waals surface area contributed by atoms with Crippen LogP contribution in [0.5, 0.6) is 0 Å². The van der Waals surface area contributed by atoms with E-state index in [4.69, 9.17) is 23.8 Å². The number of nitrogens with zero attached hydrogens (tertiary/aromatic N) is 1. The number of ketones is 1. The minimum absolute atomic E-state index is 0.00786. The lowest BCUT2D eigenvalue weighted by Crippen LogP contribution is -2.20. The number of pyridine rings is 1. The molecule has 0 saturated heterocycles. The lowest BCUT2D eigenvalue weighted by molar-refractivity contribution is -0.115. The Hall–Kier alpha value is -3.72. The van der Waals surface area contributed by atoms with Crippen LogP contribution in [0.2, 0.25) is 5.02 Å². The van der Waals surface area contributed by atoms with Crippen LogP contribution in [0.4, 0.5) is 17.2 Å². The third kappa shape index (κ3) is 7.63. The Kier molecular flexibility index (Phi) is 8.90. The van der Waals surface area contributed by atoms with Gasteiger partial charge in [-0.3, -0.25) is 9.59 Å². The molecule has 0 radical (unpaired) electrons. The molecule has 0 fully saturated rings. The number of hydrogen-bond donors (Lipinski definition) is 3. The fourth-order valence-corrected chi connectivity index (χ4v) is 4.84. The van der Waals surface area contributed by atoms with Gasteiger partial charge < -0.3 is 16.0 Å². The summed E-state index contributed by atoms with van der Waals surface area (Å²) in [5.41, 5.74) is 3.04. The van der Waals surface area contributed by atoms with Crippen molar-refractivity contribution in [3.63, 3.8) is 0 Å². The van der Waals surface area contributed by atoms with Gasteiger partial charge in [0.15, 0.2) is 10.9 Å². The van der Waals surface area contributed by atoms with E-state index in [2.05, 4.69) is 20.9 Å². The quantitative estimate of drug-likeness (QED) is 0.122. The van der Waals surface area contributed by atoms with Crippen molar-refractivity contribution in [1.29, 1.82) is 0 Å². The Balaban J connectivity index is 1.46. The Morgan fingerprint density at radius 3 is 2.27 bits per heavy atom. The molecule has 0 bridgehead atoms. The van der Waals surface area contributed by atoms with Crippen LogP contribution in [0.25, 0.3) is 0 Å². The number of rotatable bonds is 8. The van der Waals surface area contributed by atoms with Gasteiger partial charge in [-0.25, -0.2) is 4.98 Å². The lowest BCUT2D eigenvalue weighted by Gasteiger charge is -2.18. The molecule has 4 aromatic rings. The van der Waals surface area contributed by atoms with E-state index in [1.54, 1.807) is 36.4 Å². The largest absolute Gasteiger partial charge is 0.332 e. The van der Waals surface area contributed by atoms with Gasteiger partial charge in [0.2, 0.25) is 5.91 Å². The van der Waals surface area contributed by atoms with E-state index in [1.807, 2.05) is 54.6 Å². The van der Waals surface area contributed by atoms with Gasteiger partial charge >= 0.3 is 0 Å². The fourth-order valence-electron chi connectivity index (χ4n) is 3.41. The highest BCUT2D eigenvalue weighted by Gasteiger charge is 2.22. The molecule has 9 heteroatoms. The number of thiocarbonyl (C=S) groups is 1. The molecule has 4 rings (SSSR count). The van der Waals surface area contributed by atoms with Gasteiger partial charge in [-0.05, 0) is 79.3 Å². The van der Waals surface area contributed by atoms with E-state index in [0.29, 0.717) is 21.5 Å². The monoisotopic (exact) mass is 546 g/mol. The number of aromatic nitrogens is 1. The molecule has 37 heavy (non-hydrogen) atoms. The number of Topliss-reactive ketones (excluding diaryl/α,β-unsaturated/α-hetero) is 1. The maximum atomic E-state index is 13.3. The van der Waals surface area contributed by atoms with Gasteiger partial charge in [0.25, 0.3) is 0 Å². The first-order valence-electron chi connectivity index (χ1n) is 11.3. The molecule has 0 spiro atoms. The van der Waals surface area contributed by atoms with Gasteiger partial charge in [-0.2, -0.15) is 0 Å². The molecule has 1 unspecified atom stereocenters. The normalized spacial score (nSPS) is 11.3. The summed E-state index contributed by atoms with van der Waals surface area (Å²) in [6.45, 7) is 1.53. The van der Waals surface area contributed by atoms with E-state index in [-0.39, 0.29) is 11.7 Å². The molecule has 1 atom stereocenters. The molecule has 6 nitrogen and oxygen atoms in total. The van der Waals surface area contributed by atoms with Crippen LogP contribution >= 0.6 is 35.6 Å². The average Bonchev–Trinajstić information content (AvgIpc) is 2.89. The number of carbonyl (C=O) groups excluding carboxylic acids is 2. The molecule has 186 valence electrons. The number of nitrogens with one attached hydrogen (secondary N) is 3. The maximum Gasteiger partial charge on any atom is 0.243 e. The Morgan fingerprint density at radius 2 is 1.59 bits per heavy atom. The average molecular weight is 547 g/mol. The summed E-state index contributed by atoms with van der Waals surface area (Å²) in [6.07, 6.45) is 1.49. The fraction of sp³-hybridized carbons (Fsp3) is 0.0714. The molecular formula is C28H23ClN4O2S2. The van der Waals surface area contributed by atoms with Crippen molar-refractivity contribution < 1.29 is 9.59 Å². The Morgan fingerprint density at radius 1 is 0.865 bits per heavy atom. The number of thioether (sulfide) groups is 1. The first-order chi connectivity index (χ1) is 17.9. The van der Waals surface area contributed by atoms with Crippen molar-refractivity contribution in [2.24, 2.45) is 0 Å². The van der Waals surface area contributed by atoms with Crippen LogP contribution in [-0.2, 0) is 4.79 Å². The summed E-state index contributed by atoms with van der Waals surface area (Å²) in [5.74, 6) is 0.239. The van der Waals surface area contributed by atoms with E-state index >= 15 is 0 Å². The number of benzene rings is 3. The molecule has 0 saturated carbocycles. The first kappa shape index (κ1) is 26.3. The van der Waals surface area contributed by atoms with Crippen molar-refractivity contribution in [2.45, 2.75) is 17.1 Å². The smallest absolute Gasteiger partial charge is 0.243 e. The maximum absolute atomic E-state index is 13.3. The third-order valence-electron chi connectivity index (χ3n) is 5.21. The molecule has 0 aliphatic carbocycles. The van der Waals surface area contributed by atoms with Crippen LogP contribution in [0.1, 0.15) is 28.1 Å². The summed E-state index contributed by atoms with van der Waals surface area (Å²) in [5, 5.41) is 9.55. The predicted molar refractivity (Wildman–Crippen MR) is 156 cm³/mol. The second kappa shape index (κ2) is 12.5. The van der Waals surface area contributed by atoms with Crippen LogP contribution in [0.3, 0.4) is 0 Å². The van der Waals surface area contributed by atoms with Crippen molar-refractivity contribution in [2.75, 3.05) is 16.0 Å². The Bertz CT molecular complexity index is 1400. The summed E-state index contributed by atoms with van der Waals surface area (Å²) >= 11 is 12.8. The number of amides is 1. The highest BCUT2D eigenvalue weighted by molar-refractivity contribution is 8.00. The van der Waals surface area contributed by atoms with Gasteiger partial charge in [0.05, 0.1) is 5.02 Å². The number of hydrogen-bond acceptors (Lipinski definition) is 5. The number of halogens is 1. The van der Waals surface area contributed by atoms with Gasteiger partial charge in [-0.1, -0.05) is 48.0 Å². The Labute approximate surface area is 229 Å². The van der Waals surface area contributed by atoms with Crippen molar-refractivity contribution in [3.8, 4) is 0 Å². The van der Waals surface area contributed by atoms with Crippen LogP contribution < -0.4 is 16.0 Å². The molecule has 1 amide bonds. The zero-order valence-corrected chi connectivity index (χ0v) is 22.2. The lowest BCUT2D eigenvalue weighted by atomic mass is 10.1. The minimum atomic E-state index is -0.515. The van der Waals surface area contributed by atoms with Crippen LogP contribution in [0.15, 0.2) is 102 Å². The van der Waals surface area contributed by atoms with Crippen LogP contribution in [-0.4, -0.2) is 21.8 Å². The topological polar surface area (TPSA) is 83.1 Å². The molecule has 1 heterocycles. The van der Waals surface area contributed by atoms with Gasteiger partial charge in [0.1, 0.15) is 11.1 Å². The van der Waals surface area contributed by atoms with Crippen molar-refractivity contribution in [1.82, 2.24) is 4.98 Å². The highest BCUT2D eigenvalue weighted by atomic mass is 35.5. The minimum Gasteiger partial charge on any atom is -0.332 e. The molecular weight excluding hydrogens is 524 g/mol. The van der Waals surface area contributed by atoms with E-state index in [1.165, 1.54) is 24.9 Å². The summed E-state index contributed by atoms with van der Waals surface area (Å²) < 4.78 is 0. The van der Waals surface area contributed by atoms with E-state index in [9.17, 15) is 9.59 Å². The van der Waals surface area contributed by atoms with Gasteiger partial charge in [0, 0.05) is 28.0 Å². The van der Waals surface area contributed by atoms with Gasteiger partial charge in [-0.15, -0.1) is 11.8 Å². The number of anilines is 3. The molecule has 1 aromatic heterocycles. The third-order valence-corrected chi connectivity index (χ3v) is 6.89. The molecule has 3 N–H and O–H groups in total. The zero-order valence-electron chi connectivity index (χ0n) is 19.8. The first-order valence-corrected chi connectivity index (χ1v) is 13.0. The molecule has 3 aromatic carbocycles. The van der Waals surface area contributed by atoms with Crippen LogP contribution in [0, 0.1) is 0 Å². The highest BCUT2D eigenvalue weighted by Crippen LogP contribution is 2.37.